The van der Waals surface area contributed by atoms with E-state index < -0.39 is 0 Å². The molecule has 0 spiro atoms. The summed E-state index contributed by atoms with van der Waals surface area (Å²) in [5.74, 6) is -0.0105. The predicted octanol–water partition coefficient (Wildman–Crippen LogP) is 0.912. The average molecular weight is 212 g/mol. The van der Waals surface area contributed by atoms with Gasteiger partial charge in [-0.2, -0.15) is 0 Å². The van der Waals surface area contributed by atoms with Gasteiger partial charge in [-0.05, 0) is 20.3 Å². The molecule has 1 heterocycles. The highest BCUT2D eigenvalue weighted by atomic mass is 16.2. The molecule has 0 aromatic rings. The molecule has 0 aliphatic carbocycles. The second kappa shape index (κ2) is 5.14. The largest absolute Gasteiger partial charge is 0.343 e. The number of nitrogens with zero attached hydrogens (tertiary/aromatic N) is 1. The minimum atomic E-state index is -0.365. The fraction of sp³-hybridized carbons (Fsp3) is 0.818. The average Bonchev–Trinajstić information content (AvgIpc) is 2.19. The number of piperazine rings is 1. The van der Waals surface area contributed by atoms with Crippen LogP contribution in [-0.2, 0) is 9.59 Å². The Balaban J connectivity index is 2.58. The summed E-state index contributed by atoms with van der Waals surface area (Å²) in [5.41, 5.74) is 0. The third-order valence-electron chi connectivity index (χ3n) is 2.85. The van der Waals surface area contributed by atoms with E-state index in [9.17, 15) is 9.59 Å². The van der Waals surface area contributed by atoms with E-state index >= 15 is 0 Å². The zero-order valence-corrected chi connectivity index (χ0v) is 9.75. The maximum atomic E-state index is 11.8. The highest BCUT2D eigenvalue weighted by molar-refractivity contribution is 5.94. The molecular formula is C11H20N2O2. The van der Waals surface area contributed by atoms with Crippen LogP contribution in [0.4, 0.5) is 0 Å². The first-order chi connectivity index (χ1) is 7.06. The lowest BCUT2D eigenvalue weighted by Gasteiger charge is -2.35. The van der Waals surface area contributed by atoms with Gasteiger partial charge in [0.05, 0.1) is 6.54 Å². The molecular weight excluding hydrogens is 192 g/mol. The van der Waals surface area contributed by atoms with Gasteiger partial charge in [0.2, 0.25) is 11.8 Å². The summed E-state index contributed by atoms with van der Waals surface area (Å²) >= 11 is 0. The van der Waals surface area contributed by atoms with E-state index in [0.717, 1.165) is 19.3 Å². The van der Waals surface area contributed by atoms with Crippen molar-refractivity contribution in [3.63, 3.8) is 0 Å². The molecule has 0 bridgehead atoms. The van der Waals surface area contributed by atoms with Crippen LogP contribution in [0, 0.1) is 0 Å². The number of unbranched alkanes of at least 4 members (excludes halogenated alkanes) is 1. The Hall–Kier alpha value is -1.06. The van der Waals surface area contributed by atoms with Crippen LogP contribution in [0.3, 0.4) is 0 Å². The standard InChI is InChI=1S/C11H20N2O2/c1-4-5-6-8(2)13-7-10(14)12-9(3)11(13)15/h8-9H,4-7H2,1-3H3,(H,12,14). The molecule has 2 unspecified atom stereocenters. The smallest absolute Gasteiger partial charge is 0.245 e. The molecule has 0 aromatic heterocycles. The summed E-state index contributed by atoms with van der Waals surface area (Å²) in [4.78, 5) is 24.8. The van der Waals surface area contributed by atoms with Gasteiger partial charge in [0.15, 0.2) is 0 Å². The van der Waals surface area contributed by atoms with Gasteiger partial charge in [-0.1, -0.05) is 19.8 Å². The van der Waals surface area contributed by atoms with Gasteiger partial charge < -0.3 is 10.2 Å². The van der Waals surface area contributed by atoms with E-state index in [-0.39, 0.29) is 30.4 Å². The van der Waals surface area contributed by atoms with E-state index in [1.807, 2.05) is 6.92 Å². The second-order valence-electron chi connectivity index (χ2n) is 4.25. The fourth-order valence-corrected chi connectivity index (χ4v) is 1.86. The molecule has 0 radical (unpaired) electrons. The first kappa shape index (κ1) is 12.0. The van der Waals surface area contributed by atoms with Gasteiger partial charge in [-0.15, -0.1) is 0 Å². The number of hydrogen-bond acceptors (Lipinski definition) is 2. The third kappa shape index (κ3) is 2.94. The van der Waals surface area contributed by atoms with Crippen molar-refractivity contribution in [2.75, 3.05) is 6.54 Å². The van der Waals surface area contributed by atoms with E-state index in [0.29, 0.717) is 0 Å². The molecule has 1 saturated heterocycles. The normalized spacial score (nSPS) is 23.9. The van der Waals surface area contributed by atoms with Gasteiger partial charge in [-0.3, -0.25) is 9.59 Å². The Bertz CT molecular complexity index is 253. The minimum absolute atomic E-state index is 0.0400. The Morgan fingerprint density at radius 1 is 1.53 bits per heavy atom. The summed E-state index contributed by atoms with van der Waals surface area (Å²) in [7, 11) is 0. The van der Waals surface area contributed by atoms with E-state index in [1.54, 1.807) is 11.8 Å². The molecule has 4 heteroatoms. The lowest BCUT2D eigenvalue weighted by atomic mass is 10.1. The zero-order valence-electron chi connectivity index (χ0n) is 9.75. The molecule has 86 valence electrons. The highest BCUT2D eigenvalue weighted by Gasteiger charge is 2.31. The second-order valence-corrected chi connectivity index (χ2v) is 4.25. The lowest BCUT2D eigenvalue weighted by Crippen LogP contribution is -2.59. The van der Waals surface area contributed by atoms with Gasteiger partial charge in [0.25, 0.3) is 0 Å². The van der Waals surface area contributed by atoms with Crippen LogP contribution in [0.5, 0.6) is 0 Å². The van der Waals surface area contributed by atoms with Gasteiger partial charge in [0.1, 0.15) is 6.04 Å². The van der Waals surface area contributed by atoms with Crippen molar-refractivity contribution in [3.8, 4) is 0 Å². The SMILES string of the molecule is CCCCC(C)N1CC(=O)NC(C)C1=O. The van der Waals surface area contributed by atoms with Crippen molar-refractivity contribution in [1.29, 1.82) is 0 Å². The number of carbonyl (C=O) groups is 2. The lowest BCUT2D eigenvalue weighted by molar-refractivity contribution is -0.145. The van der Waals surface area contributed by atoms with Crippen molar-refractivity contribution < 1.29 is 9.59 Å². The Morgan fingerprint density at radius 2 is 2.20 bits per heavy atom. The number of nitrogens with one attached hydrogen (secondary N) is 1. The molecule has 1 fully saturated rings. The Morgan fingerprint density at radius 3 is 2.80 bits per heavy atom. The quantitative estimate of drug-likeness (QED) is 0.753. The molecule has 4 nitrogen and oxygen atoms in total. The van der Waals surface area contributed by atoms with Crippen LogP contribution in [0.25, 0.3) is 0 Å². The van der Waals surface area contributed by atoms with Gasteiger partial charge >= 0.3 is 0 Å². The van der Waals surface area contributed by atoms with Crippen molar-refractivity contribution in [3.05, 3.63) is 0 Å². The summed E-state index contributed by atoms with van der Waals surface area (Å²) in [6.07, 6.45) is 3.19. The van der Waals surface area contributed by atoms with Gasteiger partial charge in [-0.25, -0.2) is 0 Å². The number of amides is 2. The summed E-state index contributed by atoms with van der Waals surface area (Å²) in [6.45, 7) is 6.09. The summed E-state index contributed by atoms with van der Waals surface area (Å²) < 4.78 is 0. The molecule has 15 heavy (non-hydrogen) atoms. The fourth-order valence-electron chi connectivity index (χ4n) is 1.86. The first-order valence-corrected chi connectivity index (χ1v) is 5.66. The predicted molar refractivity (Wildman–Crippen MR) is 58.3 cm³/mol. The zero-order chi connectivity index (χ0) is 11.4. The van der Waals surface area contributed by atoms with Crippen LogP contribution in [0.15, 0.2) is 0 Å². The summed E-state index contributed by atoms with van der Waals surface area (Å²) in [5, 5.41) is 2.64. The van der Waals surface area contributed by atoms with Crippen molar-refractivity contribution in [1.82, 2.24) is 10.2 Å². The number of carbonyl (C=O) groups excluding carboxylic acids is 2. The maximum absolute atomic E-state index is 11.8. The number of hydrogen-bond donors (Lipinski definition) is 1. The monoisotopic (exact) mass is 212 g/mol. The molecule has 1 aliphatic rings. The minimum Gasteiger partial charge on any atom is -0.343 e. The van der Waals surface area contributed by atoms with E-state index in [4.69, 9.17) is 0 Å². The molecule has 2 amide bonds. The van der Waals surface area contributed by atoms with Crippen LogP contribution in [0.1, 0.15) is 40.0 Å². The molecule has 1 aliphatic heterocycles. The topological polar surface area (TPSA) is 49.4 Å². The van der Waals surface area contributed by atoms with Crippen LogP contribution in [0.2, 0.25) is 0 Å². The third-order valence-corrected chi connectivity index (χ3v) is 2.85. The van der Waals surface area contributed by atoms with E-state index in [2.05, 4.69) is 12.2 Å². The van der Waals surface area contributed by atoms with Crippen LogP contribution < -0.4 is 5.32 Å². The Labute approximate surface area is 91.0 Å². The van der Waals surface area contributed by atoms with Crippen molar-refractivity contribution in [2.24, 2.45) is 0 Å². The first-order valence-electron chi connectivity index (χ1n) is 5.66. The molecule has 1 N–H and O–H groups in total. The summed E-state index contributed by atoms with van der Waals surface area (Å²) in [6, 6.07) is -0.193. The van der Waals surface area contributed by atoms with Crippen molar-refractivity contribution in [2.45, 2.75) is 52.1 Å². The molecule has 0 aromatic carbocycles. The van der Waals surface area contributed by atoms with Crippen LogP contribution in [-0.4, -0.2) is 35.3 Å². The molecule has 1 rings (SSSR count). The van der Waals surface area contributed by atoms with Crippen LogP contribution >= 0.6 is 0 Å². The highest BCUT2D eigenvalue weighted by Crippen LogP contribution is 2.12. The number of rotatable bonds is 4. The van der Waals surface area contributed by atoms with Crippen molar-refractivity contribution >= 4 is 11.8 Å². The van der Waals surface area contributed by atoms with Gasteiger partial charge in [0, 0.05) is 6.04 Å². The maximum Gasteiger partial charge on any atom is 0.245 e. The Kier molecular flexibility index (Phi) is 4.12. The molecule has 0 saturated carbocycles. The van der Waals surface area contributed by atoms with E-state index in [1.165, 1.54) is 0 Å². The molecule has 2 atom stereocenters.